The van der Waals surface area contributed by atoms with Gasteiger partial charge >= 0.3 is 0 Å². The Morgan fingerprint density at radius 1 is 0.818 bits per heavy atom. The number of aromatic nitrogens is 1. The number of pyridine rings is 1. The third-order valence-electron chi connectivity index (χ3n) is 7.78. The summed E-state index contributed by atoms with van der Waals surface area (Å²) < 4.78 is 1.63. The number of hydrogen-bond donors (Lipinski definition) is 3. The van der Waals surface area contributed by atoms with Crippen molar-refractivity contribution in [2.75, 3.05) is 35.2 Å². The quantitative estimate of drug-likeness (QED) is 0.129. The number of hydrogen-bond acceptors (Lipinski definition) is 5. The predicted molar refractivity (Wildman–Crippen MR) is 191 cm³/mol. The Labute approximate surface area is 263 Å². The molecule has 0 saturated heterocycles. The monoisotopic (exact) mass is 589 g/mol. The van der Waals surface area contributed by atoms with Crippen LogP contribution in [0.2, 0.25) is 0 Å². The Morgan fingerprint density at radius 3 is 2.09 bits per heavy atom. The molecule has 1 aromatic heterocycles. The van der Waals surface area contributed by atoms with Crippen LogP contribution in [0.15, 0.2) is 96.9 Å². The summed E-state index contributed by atoms with van der Waals surface area (Å²) in [6.45, 7) is 20.1. The average molecular weight is 590 g/mol. The molecule has 0 atom stereocenters. The minimum absolute atomic E-state index is 0.0907. The lowest BCUT2D eigenvalue weighted by Gasteiger charge is -2.24. The second kappa shape index (κ2) is 15.1. The molecule has 3 N–H and O–H groups in total. The lowest BCUT2D eigenvalue weighted by Crippen LogP contribution is -2.24. The van der Waals surface area contributed by atoms with Crippen LogP contribution in [0.1, 0.15) is 56.7 Å². The van der Waals surface area contributed by atoms with E-state index in [0.717, 1.165) is 89.5 Å². The summed E-state index contributed by atoms with van der Waals surface area (Å²) >= 11 is 0. The molecule has 4 rings (SSSR count). The van der Waals surface area contributed by atoms with E-state index in [9.17, 15) is 4.79 Å². The molecule has 0 spiro atoms. The normalized spacial score (nSPS) is 10.8. The zero-order valence-corrected chi connectivity index (χ0v) is 27.0. The molecule has 6 nitrogen and oxygen atoms in total. The Hall–Kier alpha value is -4.71. The molecule has 4 aromatic rings. The zero-order valence-electron chi connectivity index (χ0n) is 27.0. The maximum absolute atomic E-state index is 13.1. The maximum atomic E-state index is 13.1. The standard InChI is InChI=1S/C38H47N5O/c1-8-22-39-28(5)30-14-18-33(19-15-30)41-37-25-32(26-42(7)38(37)44)35-12-11-13-36(27(35)4)40-29(6)31-16-20-34(21-17-31)43(23-9-2)24-10-3/h11-21,25-26,39-41H,5-6,8-10,22-24H2,1-4,7H3. The van der Waals surface area contributed by atoms with Gasteiger partial charge in [0.2, 0.25) is 0 Å². The van der Waals surface area contributed by atoms with Gasteiger partial charge < -0.3 is 25.4 Å². The molecule has 0 aliphatic rings. The van der Waals surface area contributed by atoms with Gasteiger partial charge in [0.25, 0.3) is 5.56 Å². The highest BCUT2D eigenvalue weighted by Gasteiger charge is 2.13. The Balaban J connectivity index is 1.54. The van der Waals surface area contributed by atoms with E-state index in [1.54, 1.807) is 11.6 Å². The molecule has 1 heterocycles. The first kappa shape index (κ1) is 32.2. The molecule has 44 heavy (non-hydrogen) atoms. The Bertz CT molecular complexity index is 1630. The summed E-state index contributed by atoms with van der Waals surface area (Å²) in [4.78, 5) is 15.5. The molecule has 0 aliphatic carbocycles. The summed E-state index contributed by atoms with van der Waals surface area (Å²) in [7, 11) is 1.79. The SMILES string of the molecule is C=C(NCCC)c1ccc(Nc2cc(-c3cccc(NC(=C)c4ccc(N(CCC)CCC)cc4)c3C)cn(C)c2=O)cc1. The third-order valence-corrected chi connectivity index (χ3v) is 7.78. The first-order valence-electron chi connectivity index (χ1n) is 15.7. The van der Waals surface area contributed by atoms with Gasteiger partial charge in [-0.25, -0.2) is 0 Å². The van der Waals surface area contributed by atoms with Crippen LogP contribution in [0, 0.1) is 6.92 Å². The summed E-state index contributed by atoms with van der Waals surface area (Å²) in [5, 5.41) is 10.2. The van der Waals surface area contributed by atoms with Crippen molar-refractivity contribution in [2.45, 2.75) is 47.0 Å². The smallest absolute Gasteiger partial charge is 0.274 e. The van der Waals surface area contributed by atoms with Crippen molar-refractivity contribution in [3.05, 3.63) is 119 Å². The number of anilines is 4. The first-order chi connectivity index (χ1) is 21.2. The van der Waals surface area contributed by atoms with Crippen molar-refractivity contribution in [1.82, 2.24) is 9.88 Å². The molecular formula is C38H47N5O. The summed E-state index contributed by atoms with van der Waals surface area (Å²) in [5.74, 6) is 0. The fourth-order valence-corrected chi connectivity index (χ4v) is 5.34. The van der Waals surface area contributed by atoms with Gasteiger partial charge in [-0.1, -0.05) is 70.3 Å². The second-order valence-electron chi connectivity index (χ2n) is 11.3. The van der Waals surface area contributed by atoms with Crippen LogP contribution in [-0.2, 0) is 7.05 Å². The molecule has 0 amide bonds. The first-order valence-corrected chi connectivity index (χ1v) is 15.7. The number of benzene rings is 3. The summed E-state index contributed by atoms with van der Waals surface area (Å²) in [6.07, 6.45) is 5.17. The van der Waals surface area contributed by atoms with Crippen LogP contribution in [0.3, 0.4) is 0 Å². The van der Waals surface area contributed by atoms with Gasteiger partial charge in [-0.15, -0.1) is 0 Å². The van der Waals surface area contributed by atoms with Gasteiger partial charge in [-0.05, 0) is 84.8 Å². The third kappa shape index (κ3) is 7.81. The van der Waals surface area contributed by atoms with Gasteiger partial charge in [0.05, 0.1) is 0 Å². The van der Waals surface area contributed by atoms with E-state index < -0.39 is 0 Å². The topological polar surface area (TPSA) is 61.3 Å². The van der Waals surface area contributed by atoms with Crippen molar-refractivity contribution < 1.29 is 0 Å². The lowest BCUT2D eigenvalue weighted by atomic mass is 9.99. The van der Waals surface area contributed by atoms with E-state index >= 15 is 0 Å². The number of rotatable bonds is 15. The highest BCUT2D eigenvalue weighted by atomic mass is 16.1. The largest absolute Gasteiger partial charge is 0.385 e. The molecule has 0 radical (unpaired) electrons. The van der Waals surface area contributed by atoms with E-state index in [1.165, 1.54) is 5.69 Å². The Kier molecular flexibility index (Phi) is 11.1. The lowest BCUT2D eigenvalue weighted by molar-refractivity contribution is 0.745. The van der Waals surface area contributed by atoms with Gasteiger partial charge in [-0.2, -0.15) is 0 Å². The van der Waals surface area contributed by atoms with Crippen molar-refractivity contribution >= 4 is 34.1 Å². The van der Waals surface area contributed by atoms with Crippen LogP contribution in [0.5, 0.6) is 0 Å². The van der Waals surface area contributed by atoms with E-state index in [2.05, 4.69) is 98.1 Å². The molecule has 0 saturated carbocycles. The highest BCUT2D eigenvalue weighted by Crippen LogP contribution is 2.32. The van der Waals surface area contributed by atoms with Gasteiger partial charge in [0.1, 0.15) is 5.69 Å². The number of nitrogens with zero attached hydrogens (tertiary/aromatic N) is 2. The molecule has 0 bridgehead atoms. The van der Waals surface area contributed by atoms with E-state index in [4.69, 9.17) is 0 Å². The van der Waals surface area contributed by atoms with Crippen molar-refractivity contribution in [3.8, 4) is 11.1 Å². The van der Waals surface area contributed by atoms with Crippen LogP contribution < -0.4 is 26.4 Å². The van der Waals surface area contributed by atoms with E-state index in [0.29, 0.717) is 5.69 Å². The molecule has 230 valence electrons. The summed E-state index contributed by atoms with van der Waals surface area (Å²) in [6, 6.07) is 24.7. The van der Waals surface area contributed by atoms with Crippen LogP contribution in [0.25, 0.3) is 22.5 Å². The molecule has 6 heteroatoms. The molecule has 0 unspecified atom stereocenters. The predicted octanol–water partition coefficient (Wildman–Crippen LogP) is 8.78. The van der Waals surface area contributed by atoms with E-state index in [1.807, 2.05) is 42.6 Å². The molecule has 0 fully saturated rings. The van der Waals surface area contributed by atoms with Gasteiger partial charge in [0, 0.05) is 66.9 Å². The Morgan fingerprint density at radius 2 is 1.45 bits per heavy atom. The minimum atomic E-state index is -0.0907. The van der Waals surface area contributed by atoms with Crippen molar-refractivity contribution in [1.29, 1.82) is 0 Å². The number of aryl methyl sites for hydroxylation is 1. The van der Waals surface area contributed by atoms with Crippen LogP contribution >= 0.6 is 0 Å². The van der Waals surface area contributed by atoms with Crippen LogP contribution in [-0.4, -0.2) is 24.2 Å². The molecule has 3 aromatic carbocycles. The molecule has 0 aliphatic heterocycles. The fraction of sp³-hybridized carbons (Fsp3) is 0.289. The zero-order chi connectivity index (χ0) is 31.6. The van der Waals surface area contributed by atoms with Crippen molar-refractivity contribution in [2.24, 2.45) is 7.05 Å². The number of nitrogens with one attached hydrogen (secondary N) is 3. The minimum Gasteiger partial charge on any atom is -0.385 e. The molecular weight excluding hydrogens is 542 g/mol. The highest BCUT2D eigenvalue weighted by molar-refractivity contribution is 5.82. The van der Waals surface area contributed by atoms with Gasteiger partial charge in [-0.3, -0.25) is 4.79 Å². The van der Waals surface area contributed by atoms with Crippen molar-refractivity contribution in [3.63, 3.8) is 0 Å². The van der Waals surface area contributed by atoms with E-state index in [-0.39, 0.29) is 5.56 Å². The fourth-order valence-electron chi connectivity index (χ4n) is 5.34. The maximum Gasteiger partial charge on any atom is 0.274 e. The van der Waals surface area contributed by atoms with Crippen LogP contribution in [0.4, 0.5) is 22.7 Å². The average Bonchev–Trinajstić information content (AvgIpc) is 3.03. The van der Waals surface area contributed by atoms with Gasteiger partial charge in [0.15, 0.2) is 0 Å². The second-order valence-corrected chi connectivity index (χ2v) is 11.3. The summed E-state index contributed by atoms with van der Waals surface area (Å²) in [5.41, 5.74) is 10.4.